The molecule has 0 aromatic carbocycles. The van der Waals surface area contributed by atoms with Gasteiger partial charge in [0.2, 0.25) is 0 Å². The minimum absolute atomic E-state index is 0.296. The third-order valence-corrected chi connectivity index (χ3v) is 4.20. The zero-order chi connectivity index (χ0) is 14.0. The molecule has 1 heterocycles. The molecule has 106 valence electrons. The minimum atomic E-state index is -3.70. The Morgan fingerprint density at radius 1 is 1.39 bits per heavy atom. The van der Waals surface area contributed by atoms with Crippen molar-refractivity contribution >= 4 is 16.1 Å². The average Bonchev–Trinajstić information content (AvgIpc) is 2.64. The van der Waals surface area contributed by atoms with E-state index in [-0.39, 0.29) is 5.75 Å². The maximum Gasteiger partial charge on any atom is 0.315 e. The van der Waals surface area contributed by atoms with E-state index >= 15 is 0 Å². The Morgan fingerprint density at radius 2 is 2.00 bits per heavy atom. The molecular formula is C11H21NO5S. The molecule has 1 fully saturated rings. The third kappa shape index (κ3) is 3.93. The van der Waals surface area contributed by atoms with Gasteiger partial charge in [-0.15, -0.1) is 0 Å². The number of hydrogen-bond donors (Lipinski definition) is 1. The van der Waals surface area contributed by atoms with Gasteiger partial charge in [-0.25, -0.2) is 0 Å². The molecule has 1 rings (SSSR count). The molecule has 0 bridgehead atoms. The van der Waals surface area contributed by atoms with Crippen molar-refractivity contribution in [2.45, 2.75) is 32.8 Å². The molecule has 1 N–H and O–H groups in total. The van der Waals surface area contributed by atoms with Crippen molar-refractivity contribution in [2.75, 3.05) is 26.0 Å². The van der Waals surface area contributed by atoms with E-state index in [4.69, 9.17) is 4.74 Å². The summed E-state index contributed by atoms with van der Waals surface area (Å²) in [5.74, 6) is -0.834. The van der Waals surface area contributed by atoms with Gasteiger partial charge in [0.1, 0.15) is 5.60 Å². The van der Waals surface area contributed by atoms with Crippen molar-refractivity contribution in [1.29, 1.82) is 0 Å². The fourth-order valence-corrected chi connectivity index (χ4v) is 3.04. The van der Waals surface area contributed by atoms with Crippen molar-refractivity contribution in [2.24, 2.45) is 5.41 Å². The molecule has 1 aliphatic rings. The van der Waals surface area contributed by atoms with Crippen LogP contribution in [-0.2, 0) is 23.8 Å². The van der Waals surface area contributed by atoms with Crippen LogP contribution >= 0.6 is 0 Å². The van der Waals surface area contributed by atoms with Gasteiger partial charge in [-0.1, -0.05) is 0 Å². The van der Waals surface area contributed by atoms with E-state index in [1.54, 1.807) is 20.8 Å². The Bertz CT molecular complexity index is 404. The lowest BCUT2D eigenvalue weighted by atomic mass is 9.89. The zero-order valence-electron chi connectivity index (χ0n) is 11.3. The van der Waals surface area contributed by atoms with Crippen LogP contribution in [-0.4, -0.2) is 45.9 Å². The van der Waals surface area contributed by atoms with E-state index in [9.17, 15) is 13.2 Å². The van der Waals surface area contributed by atoms with E-state index in [0.29, 0.717) is 19.5 Å². The maximum atomic E-state index is 12.2. The van der Waals surface area contributed by atoms with Gasteiger partial charge in [0.15, 0.2) is 0 Å². The van der Waals surface area contributed by atoms with Crippen LogP contribution in [0.1, 0.15) is 27.2 Å². The van der Waals surface area contributed by atoms with Crippen LogP contribution in [0.3, 0.4) is 0 Å². The van der Waals surface area contributed by atoms with Crippen molar-refractivity contribution in [3.05, 3.63) is 0 Å². The number of hydrogen-bond acceptors (Lipinski definition) is 6. The van der Waals surface area contributed by atoms with Gasteiger partial charge in [0, 0.05) is 6.54 Å². The van der Waals surface area contributed by atoms with Crippen LogP contribution in [0.25, 0.3) is 0 Å². The highest BCUT2D eigenvalue weighted by Gasteiger charge is 2.47. The summed E-state index contributed by atoms with van der Waals surface area (Å²) < 4.78 is 32.9. The molecule has 18 heavy (non-hydrogen) atoms. The summed E-state index contributed by atoms with van der Waals surface area (Å²) in [6, 6.07) is 0. The van der Waals surface area contributed by atoms with Gasteiger partial charge in [-0.05, 0) is 33.7 Å². The first-order chi connectivity index (χ1) is 8.10. The van der Waals surface area contributed by atoms with Crippen LogP contribution in [0, 0.1) is 5.41 Å². The van der Waals surface area contributed by atoms with E-state index < -0.39 is 27.1 Å². The van der Waals surface area contributed by atoms with E-state index in [0.717, 1.165) is 7.11 Å². The highest BCUT2D eigenvalue weighted by molar-refractivity contribution is 7.86. The molecule has 0 saturated carbocycles. The number of ether oxygens (including phenoxy) is 1. The van der Waals surface area contributed by atoms with Crippen LogP contribution in [0.5, 0.6) is 0 Å². The molecule has 1 aliphatic heterocycles. The molecule has 7 heteroatoms. The number of carbonyl (C=O) groups excluding carboxylic acids is 1. The average molecular weight is 279 g/mol. The summed E-state index contributed by atoms with van der Waals surface area (Å²) in [5.41, 5.74) is -1.67. The van der Waals surface area contributed by atoms with E-state index in [2.05, 4.69) is 9.50 Å². The normalized spacial score (nSPS) is 25.1. The maximum absolute atomic E-state index is 12.2. The molecule has 0 spiro atoms. The Labute approximate surface area is 108 Å². The molecule has 0 amide bonds. The standard InChI is InChI=1S/C11H21NO5S/c1-10(2,3)17-9(13)11(5-6-12-7-11)8-18(14,15)16-4/h12H,5-8H2,1-4H3/t11-/m0/s1. The second kappa shape index (κ2) is 5.14. The monoisotopic (exact) mass is 279 g/mol. The SMILES string of the molecule is COS(=O)(=O)C[C@]1(C(=O)OC(C)(C)C)CCNC1. The quantitative estimate of drug-likeness (QED) is 0.588. The fraction of sp³-hybridized carbons (Fsp3) is 0.909. The first-order valence-electron chi connectivity index (χ1n) is 5.83. The summed E-state index contributed by atoms with van der Waals surface area (Å²) in [6.45, 7) is 6.16. The fourth-order valence-electron chi connectivity index (χ4n) is 1.88. The van der Waals surface area contributed by atoms with Crippen LogP contribution in [0.2, 0.25) is 0 Å². The Morgan fingerprint density at radius 3 is 2.39 bits per heavy atom. The van der Waals surface area contributed by atoms with Crippen molar-refractivity contribution in [1.82, 2.24) is 5.32 Å². The molecule has 0 aliphatic carbocycles. The van der Waals surface area contributed by atoms with Gasteiger partial charge < -0.3 is 10.1 Å². The van der Waals surface area contributed by atoms with Crippen LogP contribution < -0.4 is 5.32 Å². The molecule has 0 aromatic rings. The number of nitrogens with one attached hydrogen (secondary N) is 1. The summed E-state index contributed by atoms with van der Waals surface area (Å²) in [5, 5.41) is 3.01. The van der Waals surface area contributed by atoms with E-state index in [1.165, 1.54) is 0 Å². The molecule has 0 unspecified atom stereocenters. The summed E-state index contributed by atoms with van der Waals surface area (Å²) in [7, 11) is -2.61. The van der Waals surface area contributed by atoms with Gasteiger partial charge in [-0.2, -0.15) is 8.42 Å². The van der Waals surface area contributed by atoms with Crippen molar-refractivity contribution in [3.8, 4) is 0 Å². The first-order valence-corrected chi connectivity index (χ1v) is 7.40. The smallest absolute Gasteiger partial charge is 0.315 e. The second-order valence-electron chi connectivity index (χ2n) is 5.58. The van der Waals surface area contributed by atoms with E-state index in [1.807, 2.05) is 0 Å². The Kier molecular flexibility index (Phi) is 4.40. The lowest BCUT2D eigenvalue weighted by Gasteiger charge is -2.29. The minimum Gasteiger partial charge on any atom is -0.459 e. The molecule has 0 aromatic heterocycles. The molecular weight excluding hydrogens is 258 g/mol. The van der Waals surface area contributed by atoms with Gasteiger partial charge in [0.05, 0.1) is 18.3 Å². The Hall–Kier alpha value is -0.660. The highest BCUT2D eigenvalue weighted by atomic mass is 32.2. The summed E-state index contributed by atoms with van der Waals surface area (Å²) in [6.07, 6.45) is 0.435. The predicted octanol–water partition coefficient (Wildman–Crippen LogP) is 0.284. The molecule has 6 nitrogen and oxygen atoms in total. The predicted molar refractivity (Wildman–Crippen MR) is 66.6 cm³/mol. The number of rotatable bonds is 4. The zero-order valence-corrected chi connectivity index (χ0v) is 12.1. The summed E-state index contributed by atoms with van der Waals surface area (Å²) in [4.78, 5) is 12.2. The third-order valence-electron chi connectivity index (χ3n) is 2.78. The van der Waals surface area contributed by atoms with Crippen molar-refractivity contribution in [3.63, 3.8) is 0 Å². The largest absolute Gasteiger partial charge is 0.459 e. The molecule has 1 atom stereocenters. The number of esters is 1. The topological polar surface area (TPSA) is 81.7 Å². The van der Waals surface area contributed by atoms with Crippen molar-refractivity contribution < 1.29 is 22.1 Å². The van der Waals surface area contributed by atoms with Gasteiger partial charge in [-0.3, -0.25) is 8.98 Å². The van der Waals surface area contributed by atoms with Gasteiger partial charge >= 0.3 is 5.97 Å². The highest BCUT2D eigenvalue weighted by Crippen LogP contribution is 2.31. The second-order valence-corrected chi connectivity index (χ2v) is 7.32. The number of carbonyl (C=O) groups is 1. The lowest BCUT2D eigenvalue weighted by Crippen LogP contribution is -2.44. The first kappa shape index (κ1) is 15.4. The van der Waals surface area contributed by atoms with Crippen LogP contribution in [0.15, 0.2) is 0 Å². The lowest BCUT2D eigenvalue weighted by molar-refractivity contribution is -0.165. The van der Waals surface area contributed by atoms with Gasteiger partial charge in [0.25, 0.3) is 10.1 Å². The Balaban J connectivity index is 2.91. The molecule has 1 saturated heterocycles. The molecule has 0 radical (unpaired) electrons. The van der Waals surface area contributed by atoms with Crippen LogP contribution in [0.4, 0.5) is 0 Å². The summed E-state index contributed by atoms with van der Waals surface area (Å²) >= 11 is 0.